The number of rotatable bonds is 3. The summed E-state index contributed by atoms with van der Waals surface area (Å²) in [7, 11) is -1.04. The number of hydrogen-bond acceptors (Lipinski definition) is 1. The summed E-state index contributed by atoms with van der Waals surface area (Å²) in [5, 5.41) is 0. The van der Waals surface area contributed by atoms with Crippen molar-refractivity contribution < 1.29 is 4.79 Å². The Kier molecular flexibility index (Phi) is 5.56. The number of hydrogen-bond donors (Lipinski definition) is 1. The Morgan fingerprint density at radius 1 is 1.29 bits per heavy atom. The van der Waals surface area contributed by atoms with Gasteiger partial charge in [0.2, 0.25) is 0 Å². The van der Waals surface area contributed by atoms with Crippen LogP contribution in [-0.2, 0) is 0 Å². The molecule has 0 radical (unpaired) electrons. The van der Waals surface area contributed by atoms with Gasteiger partial charge in [-0.3, -0.25) is 4.79 Å². The van der Waals surface area contributed by atoms with Gasteiger partial charge in [0.15, 0.2) is 0 Å². The van der Waals surface area contributed by atoms with E-state index in [0.29, 0.717) is 5.56 Å². The normalized spacial score (nSPS) is 12.6. The molecule has 1 N–H and O–H groups in total. The molecule has 0 bridgehead atoms. The predicted octanol–water partition coefficient (Wildman–Crippen LogP) is 4.58. The molecular weight excluding hydrogens is 434 g/mol. The Labute approximate surface area is 129 Å². The van der Waals surface area contributed by atoms with Crippen molar-refractivity contribution in [1.82, 2.24) is 4.72 Å². The number of alkyl halides is 2. The highest BCUT2D eigenvalue weighted by molar-refractivity contribution is 9.24. The topological polar surface area (TPSA) is 29.1 Å². The molecular formula is C11H14Br3NOS. The third-order valence-corrected chi connectivity index (χ3v) is 4.37. The van der Waals surface area contributed by atoms with Gasteiger partial charge < -0.3 is 4.72 Å². The quantitative estimate of drug-likeness (QED) is 0.675. The van der Waals surface area contributed by atoms with Crippen LogP contribution in [0.15, 0.2) is 22.7 Å². The molecule has 0 aliphatic rings. The number of amides is 1. The van der Waals surface area contributed by atoms with Crippen molar-refractivity contribution in [2.45, 2.75) is 3.74 Å². The van der Waals surface area contributed by atoms with E-state index in [1.54, 1.807) is 0 Å². The van der Waals surface area contributed by atoms with Crippen LogP contribution in [0.1, 0.15) is 19.7 Å². The smallest absolute Gasteiger partial charge is 0.259 e. The highest BCUT2D eigenvalue weighted by atomic mass is 79.9. The molecule has 0 spiro atoms. The second-order valence-electron chi connectivity index (χ2n) is 4.31. The molecule has 0 heterocycles. The third-order valence-electron chi connectivity index (χ3n) is 1.90. The monoisotopic (exact) mass is 445 g/mol. The summed E-state index contributed by atoms with van der Waals surface area (Å²) < 4.78 is 4.00. The van der Waals surface area contributed by atoms with Crippen molar-refractivity contribution in [2.24, 2.45) is 0 Å². The molecule has 0 unspecified atom stereocenters. The second-order valence-corrected chi connectivity index (χ2v) is 12.1. The second kappa shape index (κ2) is 6.08. The lowest BCUT2D eigenvalue weighted by molar-refractivity contribution is 0.0983. The number of benzene rings is 1. The van der Waals surface area contributed by atoms with Gasteiger partial charge in [-0.05, 0) is 36.5 Å². The lowest BCUT2D eigenvalue weighted by atomic mass is 10.1. The van der Waals surface area contributed by atoms with Crippen LogP contribution >= 0.6 is 58.0 Å². The Balaban J connectivity index is 2.94. The predicted molar refractivity (Wildman–Crippen MR) is 87.6 cm³/mol. The van der Waals surface area contributed by atoms with Gasteiger partial charge in [0.1, 0.15) is 0 Å². The van der Waals surface area contributed by atoms with Gasteiger partial charge in [0.25, 0.3) is 5.91 Å². The molecule has 0 aliphatic heterocycles. The van der Waals surface area contributed by atoms with E-state index in [1.807, 2.05) is 37.0 Å². The van der Waals surface area contributed by atoms with Crippen LogP contribution in [0.5, 0.6) is 0 Å². The molecule has 0 saturated carbocycles. The molecule has 6 heteroatoms. The fraction of sp³-hybridized carbons (Fsp3) is 0.364. The summed E-state index contributed by atoms with van der Waals surface area (Å²) in [4.78, 5) is 12.0. The van der Waals surface area contributed by atoms with Crippen molar-refractivity contribution in [2.75, 3.05) is 18.8 Å². The van der Waals surface area contributed by atoms with Crippen LogP contribution in [0.4, 0.5) is 0 Å². The zero-order valence-electron chi connectivity index (χ0n) is 9.76. The number of nitrogens with one attached hydrogen (secondary N) is 1. The zero-order valence-corrected chi connectivity index (χ0v) is 15.3. The third kappa shape index (κ3) is 4.93. The maximum atomic E-state index is 12.0. The van der Waals surface area contributed by atoms with Crippen molar-refractivity contribution >= 4 is 63.9 Å². The Morgan fingerprint density at radius 3 is 2.29 bits per heavy atom. The first kappa shape index (κ1) is 15.5. The average Bonchev–Trinajstić information content (AvgIpc) is 2.14. The molecule has 0 fully saturated rings. The summed E-state index contributed by atoms with van der Waals surface area (Å²) in [6, 6.07) is 5.59. The van der Waals surface area contributed by atoms with Gasteiger partial charge >= 0.3 is 0 Å². The van der Waals surface area contributed by atoms with Gasteiger partial charge in [-0.2, -0.15) is 10.2 Å². The van der Waals surface area contributed by atoms with Crippen LogP contribution in [0.25, 0.3) is 0 Å². The summed E-state index contributed by atoms with van der Waals surface area (Å²) in [6.45, 7) is 0. The standard InChI is InChI=1S/C11H14Br3NOS/c1-17(2,3)15-11(16)7-4-5-8(10(13)14)9(12)6-7/h4-6,10H,1-3H3,(H,15,16). The fourth-order valence-electron chi connectivity index (χ4n) is 1.18. The van der Waals surface area contributed by atoms with Gasteiger partial charge in [0, 0.05) is 10.0 Å². The number of carbonyl (C=O) groups excluding carboxylic acids is 1. The van der Waals surface area contributed by atoms with Crippen molar-refractivity contribution in [3.63, 3.8) is 0 Å². The minimum absolute atomic E-state index is 0.0274. The first-order valence-electron chi connectivity index (χ1n) is 4.79. The van der Waals surface area contributed by atoms with Gasteiger partial charge in [-0.1, -0.05) is 53.9 Å². The number of halogens is 3. The molecule has 1 aromatic carbocycles. The highest BCUT2D eigenvalue weighted by Gasteiger charge is 2.14. The van der Waals surface area contributed by atoms with Crippen molar-refractivity contribution in [3.8, 4) is 0 Å². The van der Waals surface area contributed by atoms with Gasteiger partial charge in [-0.15, -0.1) is 0 Å². The molecule has 0 saturated heterocycles. The van der Waals surface area contributed by atoms with E-state index in [2.05, 4.69) is 52.5 Å². The molecule has 0 aliphatic carbocycles. The van der Waals surface area contributed by atoms with Crippen LogP contribution in [0.3, 0.4) is 0 Å². The van der Waals surface area contributed by atoms with E-state index in [9.17, 15) is 4.79 Å². The molecule has 0 atom stereocenters. The summed E-state index contributed by atoms with van der Waals surface area (Å²) in [5.41, 5.74) is 1.73. The van der Waals surface area contributed by atoms with E-state index in [4.69, 9.17) is 0 Å². The Bertz CT molecular complexity index is 429. The van der Waals surface area contributed by atoms with E-state index in [0.717, 1.165) is 10.0 Å². The average molecular weight is 448 g/mol. The van der Waals surface area contributed by atoms with E-state index < -0.39 is 10.2 Å². The van der Waals surface area contributed by atoms with Crippen LogP contribution in [0, 0.1) is 0 Å². The zero-order chi connectivity index (χ0) is 13.2. The molecule has 96 valence electrons. The lowest BCUT2D eigenvalue weighted by Gasteiger charge is -2.26. The Hall–Kier alpha value is 0.480. The fourth-order valence-corrected chi connectivity index (χ4v) is 3.88. The van der Waals surface area contributed by atoms with Gasteiger partial charge in [-0.25, -0.2) is 0 Å². The largest absolute Gasteiger partial charge is 0.315 e. The van der Waals surface area contributed by atoms with Crippen LogP contribution < -0.4 is 4.72 Å². The molecule has 1 amide bonds. The first-order valence-corrected chi connectivity index (χ1v) is 10.3. The van der Waals surface area contributed by atoms with Crippen molar-refractivity contribution in [1.29, 1.82) is 0 Å². The Morgan fingerprint density at radius 2 is 1.88 bits per heavy atom. The first-order chi connectivity index (χ1) is 7.70. The minimum atomic E-state index is -1.04. The summed E-state index contributed by atoms with van der Waals surface area (Å²) >= 11 is 10.3. The maximum Gasteiger partial charge on any atom is 0.259 e. The molecule has 17 heavy (non-hydrogen) atoms. The van der Waals surface area contributed by atoms with Crippen LogP contribution in [0.2, 0.25) is 0 Å². The maximum absolute atomic E-state index is 12.0. The molecule has 1 rings (SSSR count). The SMILES string of the molecule is CS(C)(C)NC(=O)c1ccc(C(Br)Br)c(Br)c1. The lowest BCUT2D eigenvalue weighted by Crippen LogP contribution is -2.25. The summed E-state index contributed by atoms with van der Waals surface area (Å²) in [5.74, 6) is -0.0274. The highest BCUT2D eigenvalue weighted by Crippen LogP contribution is 2.35. The molecule has 0 aromatic heterocycles. The van der Waals surface area contributed by atoms with E-state index in [1.165, 1.54) is 0 Å². The van der Waals surface area contributed by atoms with E-state index >= 15 is 0 Å². The van der Waals surface area contributed by atoms with Gasteiger partial charge in [0.05, 0.1) is 3.74 Å². The van der Waals surface area contributed by atoms with E-state index in [-0.39, 0.29) is 9.64 Å². The summed E-state index contributed by atoms with van der Waals surface area (Å²) in [6.07, 6.45) is 6.13. The minimum Gasteiger partial charge on any atom is -0.315 e. The van der Waals surface area contributed by atoms with Crippen molar-refractivity contribution in [3.05, 3.63) is 33.8 Å². The van der Waals surface area contributed by atoms with Crippen LogP contribution in [-0.4, -0.2) is 24.7 Å². The molecule has 2 nitrogen and oxygen atoms in total. The number of carbonyl (C=O) groups is 1. The molecule has 1 aromatic rings.